The molecular formula is C26H26BrNO4. The zero-order valence-electron chi connectivity index (χ0n) is 18.4. The van der Waals surface area contributed by atoms with Crippen molar-refractivity contribution in [3.05, 3.63) is 86.7 Å². The van der Waals surface area contributed by atoms with Crippen LogP contribution in [0, 0.1) is 0 Å². The van der Waals surface area contributed by atoms with Crippen molar-refractivity contribution in [2.75, 3.05) is 13.7 Å². The van der Waals surface area contributed by atoms with Crippen molar-refractivity contribution in [3.8, 4) is 5.75 Å². The SMILES string of the molecule is CCOC(=O)C1=C(C)NC2=C(C(=O)CC(c3ccccc3OC)C2)C1c1ccc(Br)cc1. The molecule has 0 spiro atoms. The minimum absolute atomic E-state index is 0.00686. The lowest BCUT2D eigenvalue weighted by atomic mass is 9.71. The lowest BCUT2D eigenvalue weighted by Crippen LogP contribution is -2.36. The van der Waals surface area contributed by atoms with Gasteiger partial charge in [-0.15, -0.1) is 0 Å². The van der Waals surface area contributed by atoms with Crippen molar-refractivity contribution in [2.24, 2.45) is 0 Å². The first kappa shape index (κ1) is 22.3. The third-order valence-electron chi connectivity index (χ3n) is 6.11. The van der Waals surface area contributed by atoms with Crippen molar-refractivity contribution < 1.29 is 19.1 Å². The minimum Gasteiger partial charge on any atom is -0.496 e. The molecule has 5 nitrogen and oxygen atoms in total. The maximum Gasteiger partial charge on any atom is 0.336 e. The molecule has 0 amide bonds. The fourth-order valence-electron chi connectivity index (χ4n) is 4.73. The van der Waals surface area contributed by atoms with Crippen LogP contribution in [0.25, 0.3) is 0 Å². The molecule has 2 aromatic rings. The number of nitrogens with one attached hydrogen (secondary N) is 1. The number of allylic oxidation sites excluding steroid dienone is 3. The van der Waals surface area contributed by atoms with Crippen LogP contribution in [0.15, 0.2) is 75.5 Å². The number of carbonyl (C=O) groups excluding carboxylic acids is 2. The van der Waals surface area contributed by atoms with E-state index in [0.29, 0.717) is 24.0 Å². The number of dihydropyridines is 1. The monoisotopic (exact) mass is 495 g/mol. The summed E-state index contributed by atoms with van der Waals surface area (Å²) in [6, 6.07) is 15.6. The van der Waals surface area contributed by atoms with Crippen LogP contribution in [0.3, 0.4) is 0 Å². The summed E-state index contributed by atoms with van der Waals surface area (Å²) in [6.07, 6.45) is 1.03. The Morgan fingerprint density at radius 3 is 2.53 bits per heavy atom. The second-order valence-electron chi connectivity index (χ2n) is 8.03. The Bertz CT molecular complexity index is 1120. The van der Waals surface area contributed by atoms with Crippen LogP contribution in [0.5, 0.6) is 5.75 Å². The number of carbonyl (C=O) groups is 2. The predicted octanol–water partition coefficient (Wildman–Crippen LogP) is 5.38. The highest BCUT2D eigenvalue weighted by atomic mass is 79.9. The number of benzene rings is 2. The number of hydrogen-bond donors (Lipinski definition) is 1. The van der Waals surface area contributed by atoms with Crippen molar-refractivity contribution >= 4 is 27.7 Å². The first-order valence-electron chi connectivity index (χ1n) is 10.7. The van der Waals surface area contributed by atoms with Crippen LogP contribution < -0.4 is 10.1 Å². The van der Waals surface area contributed by atoms with Crippen molar-refractivity contribution in [1.29, 1.82) is 0 Å². The first-order chi connectivity index (χ1) is 15.4. The molecule has 2 aromatic carbocycles. The van der Waals surface area contributed by atoms with E-state index in [1.807, 2.05) is 55.5 Å². The smallest absolute Gasteiger partial charge is 0.336 e. The van der Waals surface area contributed by atoms with E-state index in [1.54, 1.807) is 14.0 Å². The number of Topliss-reactive ketones (excluding diaryl/α,β-unsaturated/α-hetero) is 1. The molecule has 32 heavy (non-hydrogen) atoms. The standard InChI is InChI=1S/C26H26BrNO4/c1-4-32-26(30)23-15(2)28-20-13-17(19-7-5-6-8-22(19)31-3)14-21(29)25(20)24(23)16-9-11-18(27)12-10-16/h5-12,17,24,28H,4,13-14H2,1-3H3. The Balaban J connectivity index is 1.80. The summed E-state index contributed by atoms with van der Waals surface area (Å²) >= 11 is 3.47. The van der Waals surface area contributed by atoms with Gasteiger partial charge in [-0.2, -0.15) is 0 Å². The number of hydrogen-bond acceptors (Lipinski definition) is 5. The molecule has 6 heteroatoms. The summed E-state index contributed by atoms with van der Waals surface area (Å²) < 4.78 is 11.9. The van der Waals surface area contributed by atoms with Gasteiger partial charge in [0, 0.05) is 39.7 Å². The molecule has 0 aromatic heterocycles. The lowest BCUT2D eigenvalue weighted by Gasteiger charge is -2.37. The second-order valence-corrected chi connectivity index (χ2v) is 8.95. The molecule has 166 valence electrons. The molecule has 1 aliphatic heterocycles. The Hall–Kier alpha value is -2.86. The summed E-state index contributed by atoms with van der Waals surface area (Å²) in [5.41, 5.74) is 4.67. The Labute approximate surface area is 196 Å². The zero-order chi connectivity index (χ0) is 22.8. The number of halogens is 1. The number of ether oxygens (including phenoxy) is 2. The summed E-state index contributed by atoms with van der Waals surface area (Å²) in [7, 11) is 1.65. The summed E-state index contributed by atoms with van der Waals surface area (Å²) in [5, 5.41) is 3.37. The van der Waals surface area contributed by atoms with Gasteiger partial charge in [0.15, 0.2) is 5.78 Å². The van der Waals surface area contributed by atoms with E-state index in [9.17, 15) is 9.59 Å². The topological polar surface area (TPSA) is 64.6 Å². The Morgan fingerprint density at radius 2 is 1.84 bits per heavy atom. The van der Waals surface area contributed by atoms with E-state index in [1.165, 1.54) is 0 Å². The van der Waals surface area contributed by atoms with Gasteiger partial charge in [-0.25, -0.2) is 4.79 Å². The Kier molecular flexibility index (Phi) is 6.51. The molecule has 1 N–H and O–H groups in total. The van der Waals surface area contributed by atoms with E-state index in [0.717, 1.165) is 32.7 Å². The third kappa shape index (κ3) is 4.11. The van der Waals surface area contributed by atoms with Gasteiger partial charge in [-0.05, 0) is 49.6 Å². The second kappa shape index (κ2) is 9.33. The van der Waals surface area contributed by atoms with Crippen molar-refractivity contribution in [3.63, 3.8) is 0 Å². The van der Waals surface area contributed by atoms with Gasteiger partial charge >= 0.3 is 5.97 Å². The normalized spacial score (nSPS) is 20.6. The van der Waals surface area contributed by atoms with Crippen LogP contribution in [0.4, 0.5) is 0 Å². The highest BCUT2D eigenvalue weighted by Gasteiger charge is 2.41. The molecule has 2 aliphatic rings. The molecule has 0 saturated heterocycles. The highest BCUT2D eigenvalue weighted by molar-refractivity contribution is 9.10. The van der Waals surface area contributed by atoms with Gasteiger partial charge in [0.1, 0.15) is 5.75 Å². The summed E-state index contributed by atoms with van der Waals surface area (Å²) in [6.45, 7) is 3.93. The van der Waals surface area contributed by atoms with E-state index < -0.39 is 11.9 Å². The van der Waals surface area contributed by atoms with Gasteiger partial charge in [0.05, 0.1) is 19.3 Å². The van der Waals surface area contributed by atoms with Crippen molar-refractivity contribution in [2.45, 2.75) is 38.5 Å². The minimum atomic E-state index is -0.454. The van der Waals surface area contributed by atoms with Gasteiger partial charge in [0.2, 0.25) is 0 Å². The highest BCUT2D eigenvalue weighted by Crippen LogP contribution is 2.46. The van der Waals surface area contributed by atoms with E-state index in [4.69, 9.17) is 9.47 Å². The van der Waals surface area contributed by atoms with Crippen LogP contribution in [0.1, 0.15) is 49.7 Å². The van der Waals surface area contributed by atoms with E-state index >= 15 is 0 Å². The Morgan fingerprint density at radius 1 is 1.12 bits per heavy atom. The molecule has 0 bridgehead atoms. The van der Waals surface area contributed by atoms with Gasteiger partial charge in [-0.1, -0.05) is 46.3 Å². The maximum atomic E-state index is 13.6. The van der Waals surface area contributed by atoms with Crippen molar-refractivity contribution in [1.82, 2.24) is 5.32 Å². The fraction of sp³-hybridized carbons (Fsp3) is 0.308. The molecule has 4 rings (SSSR count). The number of ketones is 1. The van der Waals surface area contributed by atoms with E-state index in [-0.39, 0.29) is 18.3 Å². The molecule has 0 radical (unpaired) electrons. The molecule has 0 saturated carbocycles. The quantitative estimate of drug-likeness (QED) is 0.563. The van der Waals surface area contributed by atoms with Gasteiger partial charge < -0.3 is 14.8 Å². The number of para-hydroxylation sites is 1. The number of esters is 1. The van der Waals surface area contributed by atoms with Crippen LogP contribution >= 0.6 is 15.9 Å². The molecule has 1 aliphatic carbocycles. The van der Waals surface area contributed by atoms with Gasteiger partial charge in [0.25, 0.3) is 0 Å². The van der Waals surface area contributed by atoms with E-state index in [2.05, 4.69) is 21.2 Å². The first-order valence-corrected chi connectivity index (χ1v) is 11.5. The zero-order valence-corrected chi connectivity index (χ0v) is 20.0. The average Bonchev–Trinajstić information content (AvgIpc) is 2.78. The molecule has 0 fully saturated rings. The molecular weight excluding hydrogens is 470 g/mol. The molecule has 1 heterocycles. The molecule has 2 unspecified atom stereocenters. The maximum absolute atomic E-state index is 13.6. The van der Waals surface area contributed by atoms with Crippen LogP contribution in [0.2, 0.25) is 0 Å². The fourth-order valence-corrected chi connectivity index (χ4v) is 4.99. The average molecular weight is 496 g/mol. The lowest BCUT2D eigenvalue weighted by molar-refractivity contribution is -0.138. The van der Waals surface area contributed by atoms with Gasteiger partial charge in [-0.3, -0.25) is 4.79 Å². The predicted molar refractivity (Wildman–Crippen MR) is 126 cm³/mol. The third-order valence-corrected chi connectivity index (χ3v) is 6.63. The summed E-state index contributed by atoms with van der Waals surface area (Å²) in [4.78, 5) is 26.5. The summed E-state index contributed by atoms with van der Waals surface area (Å²) in [5.74, 6) is -0.0143. The van der Waals surface area contributed by atoms with Crippen LogP contribution in [-0.4, -0.2) is 25.5 Å². The molecule has 2 atom stereocenters. The van der Waals surface area contributed by atoms with Crippen LogP contribution in [-0.2, 0) is 14.3 Å². The number of methoxy groups -OCH3 is 1. The largest absolute Gasteiger partial charge is 0.496 e. The number of rotatable bonds is 5.